The Balaban J connectivity index is 0. The Morgan fingerprint density at radius 2 is 0.650 bits per heavy atom. The molecule has 0 N–H and O–H groups in total. The van der Waals surface area contributed by atoms with Gasteiger partial charge in [-0.2, -0.15) is 0 Å². The van der Waals surface area contributed by atoms with E-state index in [2.05, 4.69) is 0 Å². The van der Waals surface area contributed by atoms with Gasteiger partial charge in [0.25, 0.3) is 0 Å². The monoisotopic (exact) mass is 366 g/mol. The Bertz CT molecular complexity index is 386. The molecule has 0 saturated carbocycles. The molecule has 0 aliphatic heterocycles. The van der Waals surface area contributed by atoms with Gasteiger partial charge >= 0.3 is 106 Å². The number of nitrogens with zero attached hydrogens (tertiary/aromatic N) is 2. The standard InChI is InChI=1S/2C3H7F5NP/c2*1-9(2)3-10(4,5,6,7)8/h2*3H,1-2H3. The van der Waals surface area contributed by atoms with Gasteiger partial charge in [0.2, 0.25) is 0 Å². The zero-order chi connectivity index (χ0) is 17.4. The van der Waals surface area contributed by atoms with Gasteiger partial charge in [0.15, 0.2) is 0 Å². The number of rotatable bonds is 2. The van der Waals surface area contributed by atoms with Crippen LogP contribution in [0.2, 0.25) is 0 Å². The van der Waals surface area contributed by atoms with E-state index in [1.807, 2.05) is 0 Å². The van der Waals surface area contributed by atoms with Gasteiger partial charge in [-0.1, -0.05) is 0 Å². The normalized spacial score (nSPS) is 19.1. The van der Waals surface area contributed by atoms with Crippen molar-refractivity contribution in [1.29, 1.82) is 0 Å². The topological polar surface area (TPSA) is 6.02 Å². The first-order chi connectivity index (χ1) is 7.79. The molecular weight excluding hydrogens is 352 g/mol. The van der Waals surface area contributed by atoms with E-state index < -0.39 is 26.9 Å². The van der Waals surface area contributed by atoms with Crippen LogP contribution in [0.4, 0.5) is 42.0 Å². The summed E-state index contributed by atoms with van der Waals surface area (Å²) in [6.45, 7) is 0. The fraction of sp³-hybridized carbons (Fsp3) is 0.667. The molecule has 0 unspecified atom stereocenters. The van der Waals surface area contributed by atoms with Gasteiger partial charge < -0.3 is 0 Å². The summed E-state index contributed by atoms with van der Waals surface area (Å²) in [5.74, 6) is -1.94. The van der Waals surface area contributed by atoms with E-state index in [-0.39, 0.29) is 9.15 Å². The zero-order valence-corrected chi connectivity index (χ0v) is 12.5. The molecule has 0 aliphatic rings. The predicted molar refractivity (Wildman–Crippen MR) is 61.3 cm³/mol. The van der Waals surface area contributed by atoms with Gasteiger partial charge in [-0.25, -0.2) is 0 Å². The molecule has 0 rings (SSSR count). The molecule has 14 heteroatoms. The minimum atomic E-state index is -9.50. The summed E-state index contributed by atoms with van der Waals surface area (Å²) in [6, 6.07) is 0. The van der Waals surface area contributed by atoms with Crippen LogP contribution in [-0.4, -0.2) is 49.3 Å². The van der Waals surface area contributed by atoms with E-state index in [4.69, 9.17) is 0 Å². The second-order valence-electron chi connectivity index (χ2n) is 4.41. The first-order valence-electron chi connectivity index (χ1n) is 4.51. The van der Waals surface area contributed by atoms with Crippen molar-refractivity contribution in [3.05, 3.63) is 0 Å². The average Bonchev–Trinajstić information content (AvgIpc) is 1.62. The van der Waals surface area contributed by atoms with E-state index in [1.165, 1.54) is 0 Å². The second-order valence-corrected chi connectivity index (χ2v) is 9.38. The van der Waals surface area contributed by atoms with Crippen LogP contribution in [-0.2, 0) is 0 Å². The average molecular weight is 366 g/mol. The van der Waals surface area contributed by atoms with E-state index in [0.717, 1.165) is 28.2 Å². The molecule has 128 valence electrons. The molecule has 0 atom stereocenters. The Hall–Kier alpha value is -0.500. The zero-order valence-electron chi connectivity index (χ0n) is 10.7. The third-order valence-electron chi connectivity index (χ3n) is 0.898. The summed E-state index contributed by atoms with van der Waals surface area (Å²) in [7, 11) is -15.4. The summed E-state index contributed by atoms with van der Waals surface area (Å²) < 4.78 is 114. The first-order valence-corrected chi connectivity index (χ1v) is 8.93. The molecule has 0 spiro atoms. The molecule has 0 fully saturated rings. The number of hydrogen-bond donors (Lipinski definition) is 0. The van der Waals surface area contributed by atoms with Crippen LogP contribution in [0.25, 0.3) is 0 Å². The third-order valence-corrected chi connectivity index (χ3v) is 2.69. The molecule has 0 saturated heterocycles. The molecule has 20 heavy (non-hydrogen) atoms. The third kappa shape index (κ3) is 26.1. The second kappa shape index (κ2) is 4.03. The molecule has 0 amide bonds. The minimum absolute atomic E-state index is 0.288. The predicted octanol–water partition coefficient (Wildman–Crippen LogP) is 5.60. The van der Waals surface area contributed by atoms with Gasteiger partial charge in [0, 0.05) is 0 Å². The SMILES string of the molecule is C[N+](C)=C[P-](F)(F)(F)(F)F.C[N+](C)=C[P-](F)(F)(F)(F)F. The molecular formula is C6H14F10N2P2. The summed E-state index contributed by atoms with van der Waals surface area (Å²) in [6.07, 6.45) is 0. The van der Waals surface area contributed by atoms with Crippen LogP contribution in [0.5, 0.6) is 0 Å². The fourth-order valence-electron chi connectivity index (χ4n) is 0.873. The summed E-state index contributed by atoms with van der Waals surface area (Å²) in [5.41, 5.74) is 0. The van der Waals surface area contributed by atoms with Gasteiger partial charge in [-0.05, 0) is 0 Å². The Morgan fingerprint density at radius 3 is 0.650 bits per heavy atom. The van der Waals surface area contributed by atoms with E-state index in [9.17, 15) is 42.0 Å². The summed E-state index contributed by atoms with van der Waals surface area (Å²) in [4.78, 5) is 0. The molecule has 0 aromatic carbocycles. The summed E-state index contributed by atoms with van der Waals surface area (Å²) >= 11 is 0. The van der Waals surface area contributed by atoms with Crippen molar-refractivity contribution < 1.29 is 51.1 Å². The number of hydrogen-bond acceptors (Lipinski definition) is 0. The molecule has 0 heterocycles. The van der Waals surface area contributed by atoms with Gasteiger partial charge in [0.1, 0.15) is 0 Å². The maximum absolute atomic E-state index is 11.4. The molecule has 2 nitrogen and oxygen atoms in total. The van der Waals surface area contributed by atoms with Crippen molar-refractivity contribution in [3.8, 4) is 0 Å². The fourth-order valence-corrected chi connectivity index (χ4v) is 2.62. The Morgan fingerprint density at radius 1 is 0.500 bits per heavy atom. The molecule has 0 aromatic rings. The molecule has 0 bridgehead atoms. The molecule has 0 aromatic heterocycles. The van der Waals surface area contributed by atoms with Gasteiger partial charge in [-0.15, -0.1) is 0 Å². The van der Waals surface area contributed by atoms with Crippen LogP contribution in [0.3, 0.4) is 0 Å². The van der Waals surface area contributed by atoms with Crippen molar-refractivity contribution in [1.82, 2.24) is 0 Å². The Labute approximate surface area is 107 Å². The van der Waals surface area contributed by atoms with Crippen molar-refractivity contribution in [2.24, 2.45) is 0 Å². The first kappa shape index (κ1) is 21.8. The van der Waals surface area contributed by atoms with E-state index in [0.29, 0.717) is 0 Å². The Kier molecular flexibility index (Phi) is 4.39. The van der Waals surface area contributed by atoms with Crippen LogP contribution in [0.15, 0.2) is 0 Å². The summed E-state index contributed by atoms with van der Waals surface area (Å²) in [5, 5.41) is 0. The van der Waals surface area contributed by atoms with E-state index >= 15 is 0 Å². The number of halogens is 10. The van der Waals surface area contributed by atoms with Gasteiger partial charge in [0.05, 0.1) is 0 Å². The maximum atomic E-state index is 11.4. The van der Waals surface area contributed by atoms with Crippen LogP contribution in [0.1, 0.15) is 0 Å². The van der Waals surface area contributed by atoms with Crippen molar-refractivity contribution in [2.45, 2.75) is 0 Å². The quantitative estimate of drug-likeness (QED) is 0.260. The van der Waals surface area contributed by atoms with Crippen LogP contribution < -0.4 is 0 Å². The van der Waals surface area contributed by atoms with Crippen molar-refractivity contribution >= 4 is 26.9 Å². The molecule has 0 radical (unpaired) electrons. The van der Waals surface area contributed by atoms with E-state index in [1.54, 1.807) is 0 Å². The van der Waals surface area contributed by atoms with Crippen molar-refractivity contribution in [3.63, 3.8) is 0 Å². The molecule has 0 aliphatic carbocycles. The van der Waals surface area contributed by atoms with Crippen LogP contribution >= 0.6 is 15.0 Å². The van der Waals surface area contributed by atoms with Crippen LogP contribution in [0, 0.1) is 0 Å². The van der Waals surface area contributed by atoms with Gasteiger partial charge in [-0.3, -0.25) is 0 Å². The van der Waals surface area contributed by atoms with Crippen molar-refractivity contribution in [2.75, 3.05) is 28.2 Å².